The van der Waals surface area contributed by atoms with E-state index in [1.807, 2.05) is 11.3 Å². The lowest BCUT2D eigenvalue weighted by atomic mass is 9.37. The van der Waals surface area contributed by atoms with Crippen LogP contribution in [0.15, 0.2) is 109 Å². The second-order valence-corrected chi connectivity index (χ2v) is 10.7. The highest BCUT2D eigenvalue weighted by atomic mass is 32.1. The molecule has 0 aliphatic carbocycles. The first-order valence-corrected chi connectivity index (χ1v) is 13.1. The van der Waals surface area contributed by atoms with Gasteiger partial charge in [-0.2, -0.15) is 0 Å². The smallest absolute Gasteiger partial charge is 0.254 e. The van der Waals surface area contributed by atoms with Crippen LogP contribution >= 0.6 is 11.3 Å². The van der Waals surface area contributed by atoms with Crippen molar-refractivity contribution in [3.05, 3.63) is 109 Å². The fourth-order valence-corrected chi connectivity index (χ4v) is 7.72. The Kier molecular flexibility index (Phi) is 3.52. The van der Waals surface area contributed by atoms with Gasteiger partial charge in [0.2, 0.25) is 0 Å². The van der Waals surface area contributed by atoms with Crippen LogP contribution in [0.5, 0.6) is 11.5 Å². The fourth-order valence-electron chi connectivity index (χ4n) is 6.44. The highest BCUT2D eigenvalue weighted by Gasteiger charge is 2.43. The Labute approximate surface area is 212 Å². The molecule has 0 radical (unpaired) electrons. The number of aromatic nitrogens is 1. The molecule has 9 rings (SSSR count). The maximum absolute atomic E-state index is 6.64. The summed E-state index contributed by atoms with van der Waals surface area (Å²) in [6.07, 6.45) is 0. The zero-order chi connectivity index (χ0) is 23.4. The third-order valence-electron chi connectivity index (χ3n) is 7.89. The molecule has 36 heavy (non-hydrogen) atoms. The van der Waals surface area contributed by atoms with Gasteiger partial charge in [-0.05, 0) is 57.7 Å². The van der Waals surface area contributed by atoms with E-state index in [4.69, 9.17) is 4.74 Å². The molecule has 0 N–H and O–H groups in total. The fraction of sp³-hybridized carbons (Fsp3) is 0. The third kappa shape index (κ3) is 2.28. The number of nitrogens with zero attached hydrogens (tertiary/aromatic N) is 1. The van der Waals surface area contributed by atoms with E-state index in [9.17, 15) is 0 Å². The molecule has 0 bridgehead atoms. The summed E-state index contributed by atoms with van der Waals surface area (Å²) in [6, 6.07) is 39.4. The number of benzene rings is 5. The number of thiophene rings is 1. The van der Waals surface area contributed by atoms with Crippen LogP contribution in [-0.2, 0) is 0 Å². The quantitative estimate of drug-likeness (QED) is 0.244. The van der Waals surface area contributed by atoms with Crippen molar-refractivity contribution < 1.29 is 4.74 Å². The predicted octanol–water partition coefficient (Wildman–Crippen LogP) is 6.60. The average Bonchev–Trinajstić information content (AvgIpc) is 3.57. The van der Waals surface area contributed by atoms with Crippen molar-refractivity contribution in [2.45, 2.75) is 0 Å². The molecule has 0 fully saturated rings. The molecular weight excluding hydrogens is 457 g/mol. The van der Waals surface area contributed by atoms with Gasteiger partial charge in [0.15, 0.2) is 0 Å². The van der Waals surface area contributed by atoms with Gasteiger partial charge in [0.05, 0.1) is 11.0 Å². The van der Waals surface area contributed by atoms with E-state index in [1.165, 1.54) is 58.7 Å². The van der Waals surface area contributed by atoms with Gasteiger partial charge in [-0.3, -0.25) is 0 Å². The van der Waals surface area contributed by atoms with Crippen LogP contribution in [0, 0.1) is 0 Å². The highest BCUT2D eigenvalue weighted by Crippen LogP contribution is 2.41. The molecule has 0 spiro atoms. The van der Waals surface area contributed by atoms with Crippen LogP contribution in [0.1, 0.15) is 0 Å². The molecule has 0 amide bonds. The zero-order valence-electron chi connectivity index (χ0n) is 19.2. The normalized spacial score (nSPS) is 13.2. The Morgan fingerprint density at radius 3 is 2.14 bits per heavy atom. The molecule has 2 aliphatic rings. The Morgan fingerprint density at radius 1 is 0.611 bits per heavy atom. The van der Waals surface area contributed by atoms with Crippen LogP contribution in [0.2, 0.25) is 0 Å². The maximum Gasteiger partial charge on any atom is 0.254 e. The Balaban J connectivity index is 1.32. The number of fused-ring (bicyclic) bond motifs is 10. The van der Waals surface area contributed by atoms with Crippen molar-refractivity contribution in [2.24, 2.45) is 0 Å². The second-order valence-electron chi connectivity index (χ2n) is 9.69. The number of hydrogen-bond donors (Lipinski definition) is 0. The molecule has 5 aromatic carbocycles. The number of ether oxygens (including phenoxy) is 1. The first-order valence-electron chi connectivity index (χ1n) is 12.3. The number of rotatable bonds is 1. The predicted molar refractivity (Wildman–Crippen MR) is 153 cm³/mol. The molecule has 4 heterocycles. The van der Waals surface area contributed by atoms with Gasteiger partial charge in [-0.1, -0.05) is 72.8 Å². The first kappa shape index (κ1) is 19.0. The highest BCUT2D eigenvalue weighted by molar-refractivity contribution is 7.26. The number of para-hydroxylation sites is 2. The Hall–Kier alpha value is -4.28. The zero-order valence-corrected chi connectivity index (χ0v) is 20.0. The SMILES string of the molecule is c1cc2c3c(c1)-c1sc4ccccc4c1B3c1ccc(-n3c4ccccc4c4ccccc43)cc1O2. The lowest BCUT2D eigenvalue weighted by molar-refractivity contribution is 0.487. The second kappa shape index (κ2) is 6.69. The summed E-state index contributed by atoms with van der Waals surface area (Å²) in [7, 11) is 0. The van der Waals surface area contributed by atoms with Crippen molar-refractivity contribution in [3.63, 3.8) is 0 Å². The Bertz CT molecular complexity index is 2000. The van der Waals surface area contributed by atoms with Crippen molar-refractivity contribution in [1.82, 2.24) is 4.57 Å². The summed E-state index contributed by atoms with van der Waals surface area (Å²) < 4.78 is 10.4. The van der Waals surface area contributed by atoms with Gasteiger partial charge in [-0.15, -0.1) is 11.3 Å². The van der Waals surface area contributed by atoms with E-state index in [0.717, 1.165) is 17.2 Å². The lowest BCUT2D eigenvalue weighted by Crippen LogP contribution is -2.52. The van der Waals surface area contributed by atoms with E-state index < -0.39 is 0 Å². The van der Waals surface area contributed by atoms with Crippen molar-refractivity contribution in [3.8, 4) is 27.6 Å². The monoisotopic (exact) mass is 475 g/mol. The minimum Gasteiger partial charge on any atom is -0.458 e. The van der Waals surface area contributed by atoms with E-state index in [2.05, 4.69) is 114 Å². The summed E-state index contributed by atoms with van der Waals surface area (Å²) >= 11 is 1.90. The Morgan fingerprint density at radius 2 is 1.33 bits per heavy atom. The topological polar surface area (TPSA) is 14.2 Å². The summed E-state index contributed by atoms with van der Waals surface area (Å²) in [5.74, 6) is 1.93. The summed E-state index contributed by atoms with van der Waals surface area (Å²) in [6.45, 7) is 0.207. The third-order valence-corrected chi connectivity index (χ3v) is 9.11. The summed E-state index contributed by atoms with van der Waals surface area (Å²) in [4.78, 5) is 1.39. The maximum atomic E-state index is 6.64. The standard InChI is InChI=1S/C32H18BNOS/c1-4-12-25-20(8-1)21-9-2-5-13-26(21)34(25)19-16-17-24-28(18-19)35-27-14-7-11-23-30(27)33(24)31-22-10-3-6-15-29(22)36-32(23)31/h1-18H. The van der Waals surface area contributed by atoms with Crippen molar-refractivity contribution in [1.29, 1.82) is 0 Å². The van der Waals surface area contributed by atoms with E-state index in [0.29, 0.717) is 0 Å². The van der Waals surface area contributed by atoms with Crippen LogP contribution in [-0.4, -0.2) is 11.3 Å². The molecule has 0 atom stereocenters. The van der Waals surface area contributed by atoms with Crippen LogP contribution in [0.3, 0.4) is 0 Å². The first-order chi connectivity index (χ1) is 17.9. The van der Waals surface area contributed by atoms with Crippen LogP contribution in [0.4, 0.5) is 0 Å². The van der Waals surface area contributed by atoms with E-state index in [-0.39, 0.29) is 6.71 Å². The molecule has 0 saturated carbocycles. The van der Waals surface area contributed by atoms with Gasteiger partial charge in [-0.25, -0.2) is 0 Å². The molecule has 0 saturated heterocycles. The van der Waals surface area contributed by atoms with E-state index in [1.54, 1.807) is 0 Å². The number of hydrogen-bond acceptors (Lipinski definition) is 2. The van der Waals surface area contributed by atoms with Gasteiger partial charge in [0, 0.05) is 32.1 Å². The average molecular weight is 475 g/mol. The molecule has 0 unspecified atom stereocenters. The van der Waals surface area contributed by atoms with Crippen molar-refractivity contribution in [2.75, 3.05) is 0 Å². The van der Waals surface area contributed by atoms with Crippen molar-refractivity contribution >= 4 is 66.3 Å². The largest absolute Gasteiger partial charge is 0.458 e. The summed E-state index contributed by atoms with van der Waals surface area (Å²) in [5.41, 5.74) is 8.88. The minimum absolute atomic E-state index is 0.207. The molecular formula is C32H18BNOS. The van der Waals surface area contributed by atoms with Gasteiger partial charge in [0.1, 0.15) is 11.5 Å². The van der Waals surface area contributed by atoms with Crippen LogP contribution < -0.4 is 21.1 Å². The van der Waals surface area contributed by atoms with E-state index >= 15 is 0 Å². The van der Waals surface area contributed by atoms with Gasteiger partial charge in [0.25, 0.3) is 6.71 Å². The lowest BCUT2D eigenvalue weighted by Gasteiger charge is -2.25. The van der Waals surface area contributed by atoms with Gasteiger partial charge >= 0.3 is 0 Å². The summed E-state index contributed by atoms with van der Waals surface area (Å²) in [5, 5.41) is 3.91. The van der Waals surface area contributed by atoms with Gasteiger partial charge < -0.3 is 9.30 Å². The molecule has 7 aromatic rings. The minimum atomic E-state index is 0.207. The van der Waals surface area contributed by atoms with Crippen LogP contribution in [0.25, 0.3) is 48.0 Å². The molecule has 2 aromatic heterocycles. The molecule has 166 valence electrons. The molecule has 2 nitrogen and oxygen atoms in total. The molecule has 4 heteroatoms. The molecule has 2 aliphatic heterocycles.